The summed E-state index contributed by atoms with van der Waals surface area (Å²) in [5.41, 5.74) is 5.98. The lowest BCUT2D eigenvalue weighted by Gasteiger charge is -2.31. The Balaban J connectivity index is 0.791. The number of phenols is 1. The predicted molar refractivity (Wildman–Crippen MR) is 225 cm³/mol. The van der Waals surface area contributed by atoms with E-state index in [2.05, 4.69) is 25.8 Å². The molecule has 0 spiro atoms. The van der Waals surface area contributed by atoms with Crippen molar-refractivity contribution in [3.8, 4) is 22.6 Å². The zero-order valence-corrected chi connectivity index (χ0v) is 32.0. The van der Waals surface area contributed by atoms with Crippen LogP contribution in [-0.2, 0) is 22.5 Å². The molecular formula is C46H47N5O7. The number of piperidine rings is 1. The van der Waals surface area contributed by atoms with Gasteiger partial charge in [-0.25, -0.2) is 4.79 Å². The maximum Gasteiger partial charge on any atom is 0.411 e. The number of rotatable bonds is 15. The molecule has 12 heteroatoms. The van der Waals surface area contributed by atoms with E-state index in [1.807, 2.05) is 97.1 Å². The highest BCUT2D eigenvalue weighted by molar-refractivity contribution is 5.92. The first-order valence-electron chi connectivity index (χ1n) is 19.5. The molecule has 7 rings (SSSR count). The van der Waals surface area contributed by atoms with Gasteiger partial charge in [-0.3, -0.25) is 14.9 Å². The number of aromatic hydroxyl groups is 1. The summed E-state index contributed by atoms with van der Waals surface area (Å²) in [6.45, 7) is 3.09. The summed E-state index contributed by atoms with van der Waals surface area (Å²) in [6, 6.07) is 38.9. The van der Waals surface area contributed by atoms with Crippen LogP contribution in [-0.4, -0.2) is 71.0 Å². The lowest BCUT2D eigenvalue weighted by Crippen LogP contribution is -2.39. The zero-order valence-electron chi connectivity index (χ0n) is 32.0. The molecule has 0 saturated carbocycles. The van der Waals surface area contributed by atoms with Gasteiger partial charge in [0.05, 0.1) is 17.3 Å². The molecule has 1 atom stereocenters. The molecular weight excluding hydrogens is 735 g/mol. The highest BCUT2D eigenvalue weighted by Crippen LogP contribution is 2.30. The van der Waals surface area contributed by atoms with Gasteiger partial charge in [0, 0.05) is 55.4 Å². The largest absolute Gasteiger partial charge is 0.506 e. The second-order valence-electron chi connectivity index (χ2n) is 14.3. The standard InChI is InChI=1S/C46H47N5O7/c52-41-19-17-38(39-18-20-43(54)50-45(39)41)42(53)29-47-28-32-7-6-10-36(27-32)57-30-44(55)48-34-15-13-31(14-16-34)21-24-51-25-22-35(23-26-51)58-46(56)49-40-12-5-4-11-37(40)33-8-2-1-3-9-33/h1-20,27,35,42,47,52-53H,21-26,28-30H2,(H,48,55)(H,49,56)(H,50,54). The Labute approximate surface area is 336 Å². The van der Waals surface area contributed by atoms with Crippen molar-refractivity contribution >= 4 is 34.3 Å². The fourth-order valence-corrected chi connectivity index (χ4v) is 7.15. The number of aliphatic hydroxyl groups excluding tert-OH is 1. The van der Waals surface area contributed by atoms with Gasteiger partial charge in [0.1, 0.15) is 17.6 Å². The van der Waals surface area contributed by atoms with Gasteiger partial charge in [0.15, 0.2) is 6.61 Å². The minimum absolute atomic E-state index is 0.0609. The molecule has 2 amide bonds. The van der Waals surface area contributed by atoms with Gasteiger partial charge < -0.3 is 40.2 Å². The summed E-state index contributed by atoms with van der Waals surface area (Å²) < 4.78 is 11.6. The molecule has 1 fully saturated rings. The number of aromatic nitrogens is 1. The number of likely N-dealkylation sites (tertiary alicyclic amines) is 1. The third-order valence-corrected chi connectivity index (χ3v) is 10.2. The van der Waals surface area contributed by atoms with Gasteiger partial charge in [0.2, 0.25) is 5.56 Å². The number of carbonyl (C=O) groups is 2. The lowest BCUT2D eigenvalue weighted by atomic mass is 10.0. The minimum Gasteiger partial charge on any atom is -0.506 e. The van der Waals surface area contributed by atoms with Crippen LogP contribution in [0.15, 0.2) is 132 Å². The normalized spacial score (nSPS) is 13.8. The summed E-state index contributed by atoms with van der Waals surface area (Å²) in [6.07, 6.45) is 0.966. The molecule has 58 heavy (non-hydrogen) atoms. The number of pyridine rings is 1. The summed E-state index contributed by atoms with van der Waals surface area (Å²) in [5, 5.41) is 30.6. The van der Waals surface area contributed by atoms with Gasteiger partial charge >= 0.3 is 6.09 Å². The Hall–Kier alpha value is -6.47. The number of para-hydroxylation sites is 1. The maximum atomic E-state index is 12.8. The number of hydrogen-bond donors (Lipinski definition) is 6. The van der Waals surface area contributed by atoms with Crippen molar-refractivity contribution in [1.29, 1.82) is 0 Å². The first-order chi connectivity index (χ1) is 28.3. The number of aliphatic hydroxyl groups is 1. The van der Waals surface area contributed by atoms with Gasteiger partial charge in [-0.05, 0) is 84.0 Å². The van der Waals surface area contributed by atoms with Gasteiger partial charge in [-0.2, -0.15) is 0 Å². The molecule has 0 bridgehead atoms. The second-order valence-corrected chi connectivity index (χ2v) is 14.3. The minimum atomic E-state index is -0.881. The third kappa shape index (κ3) is 10.7. The van der Waals surface area contributed by atoms with E-state index in [0.29, 0.717) is 28.9 Å². The van der Waals surface area contributed by atoms with Crippen molar-refractivity contribution in [2.24, 2.45) is 0 Å². The average molecular weight is 782 g/mol. The summed E-state index contributed by atoms with van der Waals surface area (Å²) in [7, 11) is 0. The average Bonchev–Trinajstić information content (AvgIpc) is 3.24. The van der Waals surface area contributed by atoms with Crippen LogP contribution in [0.25, 0.3) is 22.0 Å². The molecule has 5 aromatic carbocycles. The van der Waals surface area contributed by atoms with Gasteiger partial charge in [0.25, 0.3) is 5.91 Å². The smallest absolute Gasteiger partial charge is 0.411 e. The number of nitrogens with zero attached hydrogens (tertiary/aromatic N) is 1. The number of carbonyl (C=O) groups excluding carboxylic acids is 2. The first kappa shape index (κ1) is 39.8. The van der Waals surface area contributed by atoms with E-state index in [4.69, 9.17) is 9.47 Å². The summed E-state index contributed by atoms with van der Waals surface area (Å²) >= 11 is 0. The molecule has 1 aliphatic heterocycles. The number of hydrogen-bond acceptors (Lipinski definition) is 9. The molecule has 2 heterocycles. The maximum absolute atomic E-state index is 12.8. The van der Waals surface area contributed by atoms with Crippen LogP contribution in [0.5, 0.6) is 11.5 Å². The molecule has 0 aliphatic carbocycles. The fourth-order valence-electron chi connectivity index (χ4n) is 7.15. The second kappa shape index (κ2) is 19.1. The first-order valence-corrected chi connectivity index (χ1v) is 19.5. The Morgan fingerprint density at radius 2 is 1.60 bits per heavy atom. The van der Waals surface area contributed by atoms with E-state index in [0.717, 1.165) is 66.8 Å². The van der Waals surface area contributed by atoms with Gasteiger partial charge in [-0.1, -0.05) is 78.9 Å². The van der Waals surface area contributed by atoms with Crippen LogP contribution in [0.1, 0.15) is 35.6 Å². The molecule has 6 N–H and O–H groups in total. The van der Waals surface area contributed by atoms with E-state index >= 15 is 0 Å². The highest BCUT2D eigenvalue weighted by atomic mass is 16.6. The molecule has 1 aromatic heterocycles. The number of aromatic amines is 1. The van der Waals surface area contributed by atoms with E-state index in [-0.39, 0.29) is 42.0 Å². The number of amides is 2. The topological polar surface area (TPSA) is 165 Å². The summed E-state index contributed by atoms with van der Waals surface area (Å²) in [5.74, 6) is 0.206. The molecule has 0 radical (unpaired) electrons. The number of phenolic OH excluding ortho intramolecular Hbond substituents is 1. The Morgan fingerprint density at radius 1 is 0.828 bits per heavy atom. The van der Waals surface area contributed by atoms with E-state index in [1.165, 1.54) is 12.1 Å². The molecule has 298 valence electrons. The van der Waals surface area contributed by atoms with Crippen LogP contribution in [0.2, 0.25) is 0 Å². The SMILES string of the molecule is O=C(COc1cccc(CNCC(O)c2ccc(O)c3[nH]c(=O)ccc23)c1)Nc1ccc(CCN2CCC(OC(=O)Nc3ccccc3-c3ccccc3)CC2)cc1. The van der Waals surface area contributed by atoms with Crippen LogP contribution >= 0.6 is 0 Å². The van der Waals surface area contributed by atoms with E-state index < -0.39 is 12.2 Å². The van der Waals surface area contributed by atoms with Crippen molar-refractivity contribution < 1.29 is 29.3 Å². The molecule has 1 saturated heterocycles. The molecule has 1 unspecified atom stereocenters. The molecule has 1 aliphatic rings. The van der Waals surface area contributed by atoms with E-state index in [1.54, 1.807) is 18.2 Å². The monoisotopic (exact) mass is 781 g/mol. The number of ether oxygens (including phenoxy) is 2. The number of nitrogens with one attached hydrogen (secondary N) is 4. The fraction of sp³-hybridized carbons (Fsp3) is 0.239. The lowest BCUT2D eigenvalue weighted by molar-refractivity contribution is -0.118. The Bertz CT molecular complexity index is 2380. The number of anilines is 2. The highest BCUT2D eigenvalue weighted by Gasteiger charge is 2.23. The van der Waals surface area contributed by atoms with E-state index in [9.17, 15) is 24.6 Å². The Morgan fingerprint density at radius 3 is 2.41 bits per heavy atom. The Kier molecular flexibility index (Phi) is 13.1. The van der Waals surface area contributed by atoms with Crippen molar-refractivity contribution in [1.82, 2.24) is 15.2 Å². The quantitative estimate of drug-likeness (QED) is 0.0644. The predicted octanol–water partition coefficient (Wildman–Crippen LogP) is 7.00. The zero-order chi connectivity index (χ0) is 40.3. The number of fused-ring (bicyclic) bond motifs is 1. The third-order valence-electron chi connectivity index (χ3n) is 10.2. The van der Waals surface area contributed by atoms with Crippen molar-refractivity contribution in [2.75, 3.05) is 43.4 Å². The van der Waals surface area contributed by atoms with Crippen LogP contribution in [0.3, 0.4) is 0 Å². The van der Waals surface area contributed by atoms with Crippen molar-refractivity contribution in [3.63, 3.8) is 0 Å². The number of H-pyrrole nitrogens is 1. The van der Waals surface area contributed by atoms with Crippen LogP contribution in [0.4, 0.5) is 16.2 Å². The van der Waals surface area contributed by atoms with Crippen molar-refractivity contribution in [2.45, 2.75) is 38.0 Å². The van der Waals surface area contributed by atoms with Crippen molar-refractivity contribution in [3.05, 3.63) is 154 Å². The summed E-state index contributed by atoms with van der Waals surface area (Å²) in [4.78, 5) is 42.2. The number of benzene rings is 5. The van der Waals surface area contributed by atoms with Crippen LogP contribution < -0.4 is 26.2 Å². The molecule has 12 nitrogen and oxygen atoms in total. The van der Waals surface area contributed by atoms with Crippen LogP contribution in [0, 0.1) is 0 Å². The molecule has 6 aromatic rings. The van der Waals surface area contributed by atoms with Gasteiger partial charge in [-0.15, -0.1) is 0 Å².